The lowest BCUT2D eigenvalue weighted by Gasteiger charge is -2.13. The van der Waals surface area contributed by atoms with Crippen molar-refractivity contribution in [2.24, 2.45) is 0 Å². The standard InChI is InChI=1S/C29H25ClN4O4/c1-17-11-12-21(30)15-24(17)34-18(2)14-23(32-34)26-19(3)31-27-25(10-7-13-33(27)28(26)35)38-16-20-8-5-6-9-22(20)29(36)37-4/h5-15H,16H2,1-4H3. The van der Waals surface area contributed by atoms with Gasteiger partial charge in [0.1, 0.15) is 12.3 Å². The van der Waals surface area contributed by atoms with E-state index in [1.165, 1.54) is 11.5 Å². The van der Waals surface area contributed by atoms with Gasteiger partial charge >= 0.3 is 5.97 Å². The molecule has 0 bridgehead atoms. The van der Waals surface area contributed by atoms with Gasteiger partial charge in [0, 0.05) is 22.5 Å². The van der Waals surface area contributed by atoms with Crippen LogP contribution in [0.25, 0.3) is 22.6 Å². The smallest absolute Gasteiger partial charge is 0.338 e. The van der Waals surface area contributed by atoms with Gasteiger partial charge in [-0.25, -0.2) is 14.5 Å². The zero-order valence-electron chi connectivity index (χ0n) is 21.4. The maximum absolute atomic E-state index is 13.7. The lowest BCUT2D eigenvalue weighted by Crippen LogP contribution is -2.19. The number of hydrogen-bond acceptors (Lipinski definition) is 6. The molecule has 2 aromatic carbocycles. The van der Waals surface area contributed by atoms with E-state index in [0.717, 1.165) is 16.9 Å². The highest BCUT2D eigenvalue weighted by atomic mass is 35.5. The van der Waals surface area contributed by atoms with E-state index in [0.29, 0.717) is 44.5 Å². The second-order valence-electron chi connectivity index (χ2n) is 8.89. The van der Waals surface area contributed by atoms with Crippen LogP contribution in [-0.2, 0) is 11.3 Å². The second kappa shape index (κ2) is 10.1. The first kappa shape index (κ1) is 25.2. The number of carbonyl (C=O) groups excluding carboxylic acids is 1. The molecule has 9 heteroatoms. The molecule has 3 aromatic heterocycles. The Balaban J connectivity index is 1.54. The fraction of sp³-hybridized carbons (Fsp3) is 0.172. The highest BCUT2D eigenvalue weighted by molar-refractivity contribution is 6.30. The molecule has 0 aliphatic carbocycles. The molecule has 0 aliphatic rings. The number of aryl methyl sites for hydroxylation is 3. The van der Waals surface area contributed by atoms with Crippen LogP contribution in [0, 0.1) is 20.8 Å². The third-order valence-corrected chi connectivity index (χ3v) is 6.58. The maximum Gasteiger partial charge on any atom is 0.338 e. The van der Waals surface area contributed by atoms with Crippen molar-refractivity contribution in [3.63, 3.8) is 0 Å². The zero-order chi connectivity index (χ0) is 27.0. The van der Waals surface area contributed by atoms with Crippen LogP contribution >= 0.6 is 11.6 Å². The minimum Gasteiger partial charge on any atom is -0.485 e. The molecule has 5 aromatic rings. The predicted octanol–water partition coefficient (Wildman–Crippen LogP) is 5.49. The van der Waals surface area contributed by atoms with Gasteiger partial charge in [-0.05, 0) is 62.7 Å². The largest absolute Gasteiger partial charge is 0.485 e. The molecule has 5 rings (SSSR count). The summed E-state index contributed by atoms with van der Waals surface area (Å²) < 4.78 is 14.1. The quantitative estimate of drug-likeness (QED) is 0.271. The molecule has 0 saturated heterocycles. The molecule has 192 valence electrons. The minimum absolute atomic E-state index is 0.101. The molecule has 0 atom stereocenters. The second-order valence-corrected chi connectivity index (χ2v) is 9.33. The molecule has 38 heavy (non-hydrogen) atoms. The Kier molecular flexibility index (Phi) is 6.73. The van der Waals surface area contributed by atoms with E-state index in [1.807, 2.05) is 44.2 Å². The van der Waals surface area contributed by atoms with Gasteiger partial charge in [-0.1, -0.05) is 35.9 Å². The van der Waals surface area contributed by atoms with E-state index >= 15 is 0 Å². The number of ether oxygens (including phenoxy) is 2. The minimum atomic E-state index is -0.445. The van der Waals surface area contributed by atoms with E-state index in [2.05, 4.69) is 0 Å². The Bertz CT molecular complexity index is 1760. The van der Waals surface area contributed by atoms with Gasteiger partial charge in [-0.3, -0.25) is 9.20 Å². The fourth-order valence-corrected chi connectivity index (χ4v) is 4.58. The van der Waals surface area contributed by atoms with Crippen LogP contribution in [0.4, 0.5) is 0 Å². The van der Waals surface area contributed by atoms with Crippen LogP contribution in [0.3, 0.4) is 0 Å². The first-order valence-corrected chi connectivity index (χ1v) is 12.3. The highest BCUT2D eigenvalue weighted by Crippen LogP contribution is 2.26. The predicted molar refractivity (Wildman–Crippen MR) is 145 cm³/mol. The molecular formula is C29H25ClN4O4. The van der Waals surface area contributed by atoms with Crippen molar-refractivity contribution in [2.45, 2.75) is 27.4 Å². The summed E-state index contributed by atoms with van der Waals surface area (Å²) in [5.41, 5.74) is 5.33. The van der Waals surface area contributed by atoms with Gasteiger partial charge in [0.05, 0.1) is 29.6 Å². The van der Waals surface area contributed by atoms with Crippen LogP contribution in [-0.4, -0.2) is 32.2 Å². The summed E-state index contributed by atoms with van der Waals surface area (Å²) in [4.78, 5) is 30.5. The first-order valence-electron chi connectivity index (χ1n) is 11.9. The van der Waals surface area contributed by atoms with Crippen molar-refractivity contribution in [2.75, 3.05) is 7.11 Å². The summed E-state index contributed by atoms with van der Waals surface area (Å²) in [7, 11) is 1.34. The van der Waals surface area contributed by atoms with E-state index in [1.54, 1.807) is 48.1 Å². The Labute approximate surface area is 224 Å². The molecular weight excluding hydrogens is 504 g/mol. The number of rotatable bonds is 6. The summed E-state index contributed by atoms with van der Waals surface area (Å²) in [6.45, 7) is 5.79. The van der Waals surface area contributed by atoms with Gasteiger partial charge in [-0.2, -0.15) is 5.10 Å². The van der Waals surface area contributed by atoms with Crippen molar-refractivity contribution in [3.05, 3.63) is 110 Å². The average molecular weight is 529 g/mol. The molecule has 0 unspecified atom stereocenters. The molecule has 0 radical (unpaired) electrons. The van der Waals surface area contributed by atoms with Crippen LogP contribution in [0.5, 0.6) is 5.75 Å². The third kappa shape index (κ3) is 4.54. The molecule has 8 nitrogen and oxygen atoms in total. The van der Waals surface area contributed by atoms with Gasteiger partial charge in [0.25, 0.3) is 5.56 Å². The summed E-state index contributed by atoms with van der Waals surface area (Å²) >= 11 is 6.23. The first-order chi connectivity index (χ1) is 18.3. The van der Waals surface area contributed by atoms with Gasteiger partial charge < -0.3 is 9.47 Å². The average Bonchev–Trinajstić information content (AvgIpc) is 3.29. The number of esters is 1. The van der Waals surface area contributed by atoms with Crippen LogP contribution in [0.1, 0.15) is 32.9 Å². The van der Waals surface area contributed by atoms with Crippen molar-refractivity contribution in [1.29, 1.82) is 0 Å². The van der Waals surface area contributed by atoms with Gasteiger partial charge in [0.15, 0.2) is 11.4 Å². The lowest BCUT2D eigenvalue weighted by molar-refractivity contribution is 0.0597. The molecule has 0 aliphatic heterocycles. The Hall–Kier alpha value is -4.43. The molecule has 0 N–H and O–H groups in total. The zero-order valence-corrected chi connectivity index (χ0v) is 22.1. The molecule has 0 saturated carbocycles. The fourth-order valence-electron chi connectivity index (χ4n) is 4.41. The number of hydrogen-bond donors (Lipinski definition) is 0. The highest BCUT2D eigenvalue weighted by Gasteiger charge is 2.19. The lowest BCUT2D eigenvalue weighted by atomic mass is 10.1. The van der Waals surface area contributed by atoms with Crippen molar-refractivity contribution in [3.8, 4) is 22.7 Å². The molecule has 0 spiro atoms. The van der Waals surface area contributed by atoms with Crippen molar-refractivity contribution in [1.82, 2.24) is 19.2 Å². The number of methoxy groups -OCH3 is 1. The van der Waals surface area contributed by atoms with E-state index < -0.39 is 5.97 Å². The third-order valence-electron chi connectivity index (χ3n) is 6.35. The van der Waals surface area contributed by atoms with Crippen LogP contribution < -0.4 is 10.3 Å². The molecule has 0 fully saturated rings. The summed E-state index contributed by atoms with van der Waals surface area (Å²) in [5.74, 6) is -0.0326. The number of nitrogens with zero attached hydrogens (tertiary/aromatic N) is 4. The van der Waals surface area contributed by atoms with E-state index in [4.69, 9.17) is 31.2 Å². The summed E-state index contributed by atoms with van der Waals surface area (Å²) in [6.07, 6.45) is 1.65. The van der Waals surface area contributed by atoms with E-state index in [9.17, 15) is 9.59 Å². The monoisotopic (exact) mass is 528 g/mol. The number of fused-ring (bicyclic) bond motifs is 1. The van der Waals surface area contributed by atoms with Crippen molar-refractivity contribution >= 4 is 23.2 Å². The number of benzene rings is 2. The Morgan fingerprint density at radius 2 is 1.82 bits per heavy atom. The molecule has 0 amide bonds. The SMILES string of the molecule is COC(=O)c1ccccc1COc1cccn2c(=O)c(-c3cc(C)n(-c4cc(Cl)ccc4C)n3)c(C)nc12. The molecule has 3 heterocycles. The summed E-state index contributed by atoms with van der Waals surface area (Å²) in [6, 6.07) is 18.0. The number of pyridine rings is 1. The van der Waals surface area contributed by atoms with Crippen molar-refractivity contribution < 1.29 is 14.3 Å². The van der Waals surface area contributed by atoms with E-state index in [-0.39, 0.29) is 12.2 Å². The van der Waals surface area contributed by atoms with Gasteiger partial charge in [-0.15, -0.1) is 0 Å². The van der Waals surface area contributed by atoms with Crippen LogP contribution in [0.15, 0.2) is 71.7 Å². The summed E-state index contributed by atoms with van der Waals surface area (Å²) in [5, 5.41) is 5.35. The van der Waals surface area contributed by atoms with Gasteiger partial charge in [0.2, 0.25) is 0 Å². The normalized spacial score (nSPS) is 11.1. The number of halogens is 1. The Morgan fingerprint density at radius 3 is 2.61 bits per heavy atom. The Morgan fingerprint density at radius 1 is 1.03 bits per heavy atom. The van der Waals surface area contributed by atoms with Crippen LogP contribution in [0.2, 0.25) is 5.02 Å². The topological polar surface area (TPSA) is 87.7 Å². The maximum atomic E-state index is 13.7. The number of aromatic nitrogens is 4. The number of carbonyl (C=O) groups is 1.